The van der Waals surface area contributed by atoms with Crippen molar-refractivity contribution in [3.05, 3.63) is 71.3 Å². The molecule has 1 heterocycles. The highest BCUT2D eigenvalue weighted by molar-refractivity contribution is 5.42. The molecule has 1 heteroatoms. The summed E-state index contributed by atoms with van der Waals surface area (Å²) in [5.74, 6) is 0. The van der Waals surface area contributed by atoms with Gasteiger partial charge in [0.05, 0.1) is 0 Å². The Bertz CT molecular complexity index is 582. The third-order valence-electron chi connectivity index (χ3n) is 4.76. The highest BCUT2D eigenvalue weighted by Crippen LogP contribution is 2.45. The highest BCUT2D eigenvalue weighted by Gasteiger charge is 2.47. The van der Waals surface area contributed by atoms with Crippen LogP contribution in [0.3, 0.4) is 0 Å². The maximum absolute atomic E-state index is 2.58. The molecule has 0 saturated carbocycles. The van der Waals surface area contributed by atoms with Crippen LogP contribution in [0.25, 0.3) is 0 Å². The van der Waals surface area contributed by atoms with Gasteiger partial charge in [-0.1, -0.05) is 54.6 Å². The summed E-state index contributed by atoms with van der Waals surface area (Å²) in [4.78, 5) is 2.58. The van der Waals surface area contributed by atoms with E-state index < -0.39 is 0 Å². The van der Waals surface area contributed by atoms with E-state index in [0.29, 0.717) is 5.41 Å². The molecule has 96 valence electrons. The molecule has 1 saturated heterocycles. The number of fused-ring (bicyclic) bond motifs is 2. The number of hydrogen-bond donors (Lipinski definition) is 0. The number of hydrogen-bond acceptors (Lipinski definition) is 1. The summed E-state index contributed by atoms with van der Waals surface area (Å²) in [6.07, 6.45) is 2.62. The summed E-state index contributed by atoms with van der Waals surface area (Å²) in [6.45, 7) is 3.57. The Morgan fingerprint density at radius 2 is 1.63 bits per heavy atom. The first-order chi connectivity index (χ1) is 9.36. The molecule has 2 aromatic rings. The van der Waals surface area contributed by atoms with Gasteiger partial charge in [0.25, 0.3) is 0 Å². The quantitative estimate of drug-likeness (QED) is 0.788. The van der Waals surface area contributed by atoms with Gasteiger partial charge in [-0.15, -0.1) is 0 Å². The van der Waals surface area contributed by atoms with Crippen LogP contribution in [0.15, 0.2) is 54.6 Å². The Morgan fingerprint density at radius 1 is 0.895 bits per heavy atom. The lowest BCUT2D eigenvalue weighted by atomic mass is 9.74. The van der Waals surface area contributed by atoms with Crippen molar-refractivity contribution in [2.75, 3.05) is 13.1 Å². The summed E-state index contributed by atoms with van der Waals surface area (Å²) < 4.78 is 0. The Labute approximate surface area is 114 Å². The van der Waals surface area contributed by atoms with E-state index in [-0.39, 0.29) is 0 Å². The monoisotopic (exact) mass is 249 g/mol. The molecule has 2 aromatic carbocycles. The van der Waals surface area contributed by atoms with Crippen LogP contribution < -0.4 is 0 Å². The fourth-order valence-corrected chi connectivity index (χ4v) is 3.86. The minimum absolute atomic E-state index is 0.478. The molecule has 0 N–H and O–H groups in total. The van der Waals surface area contributed by atoms with Gasteiger partial charge >= 0.3 is 0 Å². The van der Waals surface area contributed by atoms with Crippen molar-refractivity contribution < 1.29 is 0 Å². The molecule has 4 rings (SSSR count). The third-order valence-corrected chi connectivity index (χ3v) is 4.76. The van der Waals surface area contributed by atoms with Crippen molar-refractivity contribution in [2.45, 2.75) is 24.8 Å². The molecular weight excluding hydrogens is 230 g/mol. The molecule has 0 bridgehead atoms. The Morgan fingerprint density at radius 3 is 2.47 bits per heavy atom. The molecular formula is C18H19N. The fraction of sp³-hybridized carbons (Fsp3) is 0.333. The van der Waals surface area contributed by atoms with Crippen LogP contribution in [0.1, 0.15) is 23.1 Å². The van der Waals surface area contributed by atoms with Crippen LogP contribution >= 0.6 is 0 Å². The van der Waals surface area contributed by atoms with E-state index in [1.807, 2.05) is 0 Å². The second kappa shape index (κ2) is 4.21. The number of benzene rings is 2. The SMILES string of the molecule is c1ccc(CN2CC3(CCc4ccccc43)C2)cc1. The zero-order chi connectivity index (χ0) is 12.7. The van der Waals surface area contributed by atoms with Crippen molar-refractivity contribution in [2.24, 2.45) is 0 Å². The summed E-state index contributed by atoms with van der Waals surface area (Å²) in [5.41, 5.74) is 5.12. The molecule has 1 spiro atoms. The van der Waals surface area contributed by atoms with Crippen LogP contribution in [-0.4, -0.2) is 18.0 Å². The van der Waals surface area contributed by atoms with E-state index in [1.54, 1.807) is 11.1 Å². The average Bonchev–Trinajstić information content (AvgIpc) is 2.80. The van der Waals surface area contributed by atoms with Crippen LogP contribution in [0.5, 0.6) is 0 Å². The van der Waals surface area contributed by atoms with Gasteiger partial charge in [-0.2, -0.15) is 0 Å². The van der Waals surface area contributed by atoms with Gasteiger partial charge < -0.3 is 0 Å². The molecule has 2 aliphatic rings. The number of rotatable bonds is 2. The zero-order valence-corrected chi connectivity index (χ0v) is 11.2. The Hall–Kier alpha value is -1.60. The van der Waals surface area contributed by atoms with E-state index in [2.05, 4.69) is 59.5 Å². The smallest absolute Gasteiger partial charge is 0.0234 e. The van der Waals surface area contributed by atoms with Gasteiger partial charge in [0.1, 0.15) is 0 Å². The van der Waals surface area contributed by atoms with Crippen LogP contribution in [0, 0.1) is 0 Å². The molecule has 1 fully saturated rings. The van der Waals surface area contributed by atoms with Crippen molar-refractivity contribution in [3.63, 3.8) is 0 Å². The Kier molecular flexibility index (Phi) is 2.49. The van der Waals surface area contributed by atoms with Gasteiger partial charge in [-0.25, -0.2) is 0 Å². The third kappa shape index (κ3) is 1.81. The first kappa shape index (κ1) is 11.2. The summed E-state index contributed by atoms with van der Waals surface area (Å²) in [7, 11) is 0. The molecule has 0 aromatic heterocycles. The van der Waals surface area contributed by atoms with Crippen molar-refractivity contribution >= 4 is 0 Å². The molecule has 1 aliphatic heterocycles. The van der Waals surface area contributed by atoms with E-state index in [4.69, 9.17) is 0 Å². The topological polar surface area (TPSA) is 3.24 Å². The molecule has 1 aliphatic carbocycles. The fourth-order valence-electron chi connectivity index (χ4n) is 3.86. The highest BCUT2D eigenvalue weighted by atomic mass is 15.2. The summed E-state index contributed by atoms with van der Waals surface area (Å²) in [6, 6.07) is 19.9. The molecule has 0 unspecified atom stereocenters. The summed E-state index contributed by atoms with van der Waals surface area (Å²) in [5, 5.41) is 0. The van der Waals surface area contributed by atoms with Gasteiger partial charge in [-0.05, 0) is 29.5 Å². The van der Waals surface area contributed by atoms with Gasteiger partial charge in [0.15, 0.2) is 0 Å². The van der Waals surface area contributed by atoms with Gasteiger partial charge in [0.2, 0.25) is 0 Å². The van der Waals surface area contributed by atoms with E-state index in [0.717, 1.165) is 6.54 Å². The second-order valence-corrected chi connectivity index (χ2v) is 6.07. The van der Waals surface area contributed by atoms with Crippen molar-refractivity contribution in [1.82, 2.24) is 4.90 Å². The van der Waals surface area contributed by atoms with Crippen LogP contribution in [0.4, 0.5) is 0 Å². The predicted octanol–water partition coefficient (Wildman–Crippen LogP) is 3.39. The average molecular weight is 249 g/mol. The van der Waals surface area contributed by atoms with Crippen LogP contribution in [0.2, 0.25) is 0 Å². The van der Waals surface area contributed by atoms with Crippen molar-refractivity contribution in [1.29, 1.82) is 0 Å². The summed E-state index contributed by atoms with van der Waals surface area (Å²) >= 11 is 0. The number of likely N-dealkylation sites (tertiary alicyclic amines) is 1. The standard InChI is InChI=1S/C18H19N/c1-2-6-15(7-3-1)12-19-13-18(14-19)11-10-16-8-4-5-9-17(16)18/h1-9H,10-14H2. The predicted molar refractivity (Wildman–Crippen MR) is 78.2 cm³/mol. The largest absolute Gasteiger partial charge is 0.297 e. The normalized spacial score (nSPS) is 20.2. The van der Waals surface area contributed by atoms with E-state index in [9.17, 15) is 0 Å². The molecule has 19 heavy (non-hydrogen) atoms. The lowest BCUT2D eigenvalue weighted by molar-refractivity contribution is 0.0583. The van der Waals surface area contributed by atoms with Gasteiger partial charge in [0, 0.05) is 25.0 Å². The number of aryl methyl sites for hydroxylation is 1. The van der Waals surface area contributed by atoms with E-state index >= 15 is 0 Å². The molecule has 1 nitrogen and oxygen atoms in total. The minimum atomic E-state index is 0.478. The van der Waals surface area contributed by atoms with Gasteiger partial charge in [-0.3, -0.25) is 4.90 Å². The number of nitrogens with zero attached hydrogens (tertiary/aromatic N) is 1. The van der Waals surface area contributed by atoms with Crippen LogP contribution in [-0.2, 0) is 18.4 Å². The molecule has 0 radical (unpaired) electrons. The first-order valence-electron chi connectivity index (χ1n) is 7.20. The van der Waals surface area contributed by atoms with Crippen molar-refractivity contribution in [3.8, 4) is 0 Å². The maximum atomic E-state index is 2.58. The molecule has 0 atom stereocenters. The lowest BCUT2D eigenvalue weighted by Crippen LogP contribution is -2.57. The Balaban J connectivity index is 1.49. The first-order valence-corrected chi connectivity index (χ1v) is 7.20. The second-order valence-electron chi connectivity index (χ2n) is 6.07. The lowest BCUT2D eigenvalue weighted by Gasteiger charge is -2.49. The minimum Gasteiger partial charge on any atom is -0.297 e. The molecule has 0 amide bonds. The zero-order valence-electron chi connectivity index (χ0n) is 11.2. The maximum Gasteiger partial charge on any atom is 0.0234 e. The van der Waals surface area contributed by atoms with E-state index in [1.165, 1.54) is 31.5 Å².